The second kappa shape index (κ2) is 7.96. The molecule has 0 saturated carbocycles. The molecule has 0 atom stereocenters. The van der Waals surface area contributed by atoms with Gasteiger partial charge in [-0.15, -0.1) is 0 Å². The number of esters is 1. The molecule has 0 saturated heterocycles. The van der Waals surface area contributed by atoms with Crippen molar-refractivity contribution in [3.63, 3.8) is 0 Å². The van der Waals surface area contributed by atoms with Crippen molar-refractivity contribution >= 4 is 17.6 Å². The second-order valence-electron chi connectivity index (χ2n) is 4.65. The van der Waals surface area contributed by atoms with Crippen LogP contribution in [0.4, 0.5) is 5.69 Å². The third-order valence-corrected chi connectivity index (χ3v) is 3.12. The maximum Gasteiger partial charge on any atom is 0.356 e. The molecule has 0 unspecified atom stereocenters. The lowest BCUT2D eigenvalue weighted by molar-refractivity contribution is 0.0519. The van der Waals surface area contributed by atoms with Gasteiger partial charge in [0.2, 0.25) is 0 Å². The largest absolute Gasteiger partial charge is 0.497 e. The number of carbonyl (C=O) groups excluding carboxylic acids is 2. The molecular formula is C17H18N2O5. The molecule has 126 valence electrons. The van der Waals surface area contributed by atoms with E-state index in [4.69, 9.17) is 14.2 Å². The lowest BCUT2D eigenvalue weighted by Crippen LogP contribution is -2.16. The maximum absolute atomic E-state index is 12.4. The first kappa shape index (κ1) is 17.3. The van der Waals surface area contributed by atoms with Gasteiger partial charge >= 0.3 is 5.97 Å². The molecule has 1 amide bonds. The smallest absolute Gasteiger partial charge is 0.356 e. The molecule has 0 aliphatic heterocycles. The Morgan fingerprint density at radius 1 is 1.08 bits per heavy atom. The zero-order chi connectivity index (χ0) is 17.5. The van der Waals surface area contributed by atoms with Gasteiger partial charge in [-0.05, 0) is 31.2 Å². The predicted octanol–water partition coefficient (Wildman–Crippen LogP) is 2.53. The van der Waals surface area contributed by atoms with Crippen LogP contribution in [-0.2, 0) is 4.74 Å². The van der Waals surface area contributed by atoms with Crippen molar-refractivity contribution in [1.29, 1.82) is 0 Å². The minimum Gasteiger partial charge on any atom is -0.497 e. The Bertz CT molecular complexity index is 746. The second-order valence-corrected chi connectivity index (χ2v) is 4.65. The minimum atomic E-state index is -0.578. The number of amides is 1. The Morgan fingerprint density at radius 2 is 1.83 bits per heavy atom. The Hall–Kier alpha value is -3.09. The lowest BCUT2D eigenvalue weighted by atomic mass is 10.2. The van der Waals surface area contributed by atoms with E-state index in [2.05, 4.69) is 10.3 Å². The molecule has 0 radical (unpaired) electrons. The molecule has 7 heteroatoms. The van der Waals surface area contributed by atoms with Gasteiger partial charge in [-0.25, -0.2) is 9.78 Å². The molecule has 0 aliphatic carbocycles. The van der Waals surface area contributed by atoms with Crippen molar-refractivity contribution in [2.45, 2.75) is 6.92 Å². The normalized spacial score (nSPS) is 9.96. The number of ether oxygens (including phenoxy) is 3. The molecule has 0 aliphatic rings. The first-order valence-electron chi connectivity index (χ1n) is 7.26. The Morgan fingerprint density at radius 3 is 2.50 bits per heavy atom. The van der Waals surface area contributed by atoms with Crippen LogP contribution in [0.5, 0.6) is 11.5 Å². The van der Waals surface area contributed by atoms with Crippen LogP contribution < -0.4 is 14.8 Å². The van der Waals surface area contributed by atoms with Crippen LogP contribution >= 0.6 is 0 Å². The Balaban J connectivity index is 2.24. The SMILES string of the molecule is CCOC(=O)c1cccc(C(=O)Nc2cc(OC)ccc2OC)n1. The number of nitrogens with one attached hydrogen (secondary N) is 1. The molecule has 1 N–H and O–H groups in total. The number of benzene rings is 1. The van der Waals surface area contributed by atoms with Crippen LogP contribution in [0.2, 0.25) is 0 Å². The number of hydrogen-bond donors (Lipinski definition) is 1. The molecular weight excluding hydrogens is 312 g/mol. The van der Waals surface area contributed by atoms with E-state index in [0.29, 0.717) is 17.2 Å². The zero-order valence-electron chi connectivity index (χ0n) is 13.7. The van der Waals surface area contributed by atoms with Crippen LogP contribution in [0.25, 0.3) is 0 Å². The fourth-order valence-corrected chi connectivity index (χ4v) is 1.98. The van der Waals surface area contributed by atoms with Crippen molar-refractivity contribution in [3.8, 4) is 11.5 Å². The van der Waals surface area contributed by atoms with Crippen LogP contribution in [-0.4, -0.2) is 37.7 Å². The standard InChI is InChI=1S/C17H18N2O5/c1-4-24-17(21)13-7-5-6-12(18-13)16(20)19-14-10-11(22-2)8-9-15(14)23-3/h5-10H,4H2,1-3H3,(H,19,20). The van der Waals surface area contributed by atoms with Gasteiger partial charge in [0, 0.05) is 6.07 Å². The average molecular weight is 330 g/mol. The van der Waals surface area contributed by atoms with Gasteiger partial charge in [0.25, 0.3) is 5.91 Å². The van der Waals surface area contributed by atoms with Crippen molar-refractivity contribution < 1.29 is 23.8 Å². The van der Waals surface area contributed by atoms with E-state index in [1.54, 1.807) is 31.2 Å². The van der Waals surface area contributed by atoms with E-state index in [-0.39, 0.29) is 18.0 Å². The molecule has 24 heavy (non-hydrogen) atoms. The van der Waals surface area contributed by atoms with Gasteiger partial charge in [-0.1, -0.05) is 6.07 Å². The van der Waals surface area contributed by atoms with E-state index in [1.165, 1.54) is 26.4 Å². The van der Waals surface area contributed by atoms with Crippen molar-refractivity contribution in [2.24, 2.45) is 0 Å². The van der Waals surface area contributed by atoms with E-state index < -0.39 is 11.9 Å². The lowest BCUT2D eigenvalue weighted by Gasteiger charge is -2.11. The third kappa shape index (κ3) is 4.01. The number of aromatic nitrogens is 1. The van der Waals surface area contributed by atoms with Gasteiger partial charge in [-0.3, -0.25) is 4.79 Å². The molecule has 1 aromatic carbocycles. The summed E-state index contributed by atoms with van der Waals surface area (Å²) in [5.41, 5.74) is 0.595. The molecule has 0 fully saturated rings. The average Bonchev–Trinajstić information content (AvgIpc) is 2.61. The van der Waals surface area contributed by atoms with E-state index in [9.17, 15) is 9.59 Å². The summed E-state index contributed by atoms with van der Waals surface area (Å²) < 4.78 is 15.2. The number of pyridine rings is 1. The summed E-state index contributed by atoms with van der Waals surface area (Å²) in [6, 6.07) is 9.58. The predicted molar refractivity (Wildman–Crippen MR) is 87.7 cm³/mol. The van der Waals surface area contributed by atoms with Gasteiger partial charge in [-0.2, -0.15) is 0 Å². The zero-order valence-corrected chi connectivity index (χ0v) is 13.7. The third-order valence-electron chi connectivity index (χ3n) is 3.12. The van der Waals surface area contributed by atoms with Gasteiger partial charge < -0.3 is 19.5 Å². The van der Waals surface area contributed by atoms with Gasteiger partial charge in [0.15, 0.2) is 0 Å². The first-order valence-corrected chi connectivity index (χ1v) is 7.26. The van der Waals surface area contributed by atoms with Crippen molar-refractivity contribution in [3.05, 3.63) is 47.8 Å². The number of carbonyl (C=O) groups is 2. The quantitative estimate of drug-likeness (QED) is 0.819. The van der Waals surface area contributed by atoms with Gasteiger partial charge in [0.05, 0.1) is 26.5 Å². The summed E-state index contributed by atoms with van der Waals surface area (Å²) in [5.74, 6) is -0.0103. The summed E-state index contributed by atoms with van der Waals surface area (Å²) in [6.07, 6.45) is 0. The van der Waals surface area contributed by atoms with E-state index in [1.807, 2.05) is 0 Å². The summed E-state index contributed by atoms with van der Waals surface area (Å²) in [5, 5.41) is 2.69. The highest BCUT2D eigenvalue weighted by molar-refractivity contribution is 6.04. The highest BCUT2D eigenvalue weighted by Gasteiger charge is 2.15. The summed E-state index contributed by atoms with van der Waals surface area (Å²) in [6.45, 7) is 1.93. The van der Waals surface area contributed by atoms with Crippen LogP contribution in [0, 0.1) is 0 Å². The summed E-state index contributed by atoms with van der Waals surface area (Å²) >= 11 is 0. The van der Waals surface area contributed by atoms with Crippen LogP contribution in [0.15, 0.2) is 36.4 Å². The summed E-state index contributed by atoms with van der Waals surface area (Å²) in [7, 11) is 3.02. The highest BCUT2D eigenvalue weighted by atomic mass is 16.5. The van der Waals surface area contributed by atoms with Crippen molar-refractivity contribution in [2.75, 3.05) is 26.1 Å². The molecule has 2 rings (SSSR count). The van der Waals surface area contributed by atoms with Crippen LogP contribution in [0.3, 0.4) is 0 Å². The molecule has 2 aromatic rings. The number of hydrogen-bond acceptors (Lipinski definition) is 6. The Kier molecular flexibility index (Phi) is 5.73. The number of nitrogens with zero attached hydrogens (tertiary/aromatic N) is 1. The number of rotatable bonds is 6. The Labute approximate surface area is 139 Å². The van der Waals surface area contributed by atoms with E-state index in [0.717, 1.165) is 0 Å². The number of methoxy groups -OCH3 is 2. The van der Waals surface area contributed by atoms with E-state index >= 15 is 0 Å². The van der Waals surface area contributed by atoms with Crippen LogP contribution in [0.1, 0.15) is 27.9 Å². The van der Waals surface area contributed by atoms with Gasteiger partial charge in [0.1, 0.15) is 22.9 Å². The molecule has 0 spiro atoms. The highest BCUT2D eigenvalue weighted by Crippen LogP contribution is 2.29. The maximum atomic E-state index is 12.4. The first-order chi connectivity index (χ1) is 11.6. The molecule has 1 heterocycles. The fraction of sp³-hybridized carbons (Fsp3) is 0.235. The minimum absolute atomic E-state index is 0.0714. The van der Waals surface area contributed by atoms with Crippen molar-refractivity contribution in [1.82, 2.24) is 4.98 Å². The molecule has 1 aromatic heterocycles. The fourth-order valence-electron chi connectivity index (χ4n) is 1.98. The molecule has 7 nitrogen and oxygen atoms in total. The number of anilines is 1. The monoisotopic (exact) mass is 330 g/mol. The topological polar surface area (TPSA) is 86.8 Å². The summed E-state index contributed by atoms with van der Waals surface area (Å²) in [4.78, 5) is 28.1. The molecule has 0 bridgehead atoms.